The first-order valence-corrected chi connectivity index (χ1v) is 12.9. The molecule has 0 unspecified atom stereocenters. The van der Waals surface area contributed by atoms with E-state index in [9.17, 15) is 4.79 Å². The molecule has 1 aliphatic heterocycles. The van der Waals surface area contributed by atoms with Gasteiger partial charge in [0.2, 0.25) is 11.8 Å². The van der Waals surface area contributed by atoms with Crippen molar-refractivity contribution in [3.8, 4) is 28.8 Å². The van der Waals surface area contributed by atoms with Crippen molar-refractivity contribution in [2.75, 3.05) is 17.7 Å². The van der Waals surface area contributed by atoms with Crippen LogP contribution in [0.1, 0.15) is 29.2 Å². The second-order valence-electron chi connectivity index (χ2n) is 8.69. The number of hydrogen-bond acceptors (Lipinski definition) is 6. The quantitative estimate of drug-likeness (QED) is 0.202. The summed E-state index contributed by atoms with van der Waals surface area (Å²) < 4.78 is 11.8. The maximum Gasteiger partial charge on any atom is 0.234 e. The molecule has 182 valence electrons. The lowest BCUT2D eigenvalue weighted by atomic mass is 10.0. The first-order valence-electron chi connectivity index (χ1n) is 11.9. The monoisotopic (exact) mass is 497 g/mol. The number of nitrogens with one attached hydrogen (secondary N) is 1. The Labute approximate surface area is 215 Å². The van der Waals surface area contributed by atoms with Crippen molar-refractivity contribution >= 4 is 23.4 Å². The number of aryl methyl sites for hydroxylation is 2. The molecular weight excluding hydrogens is 470 g/mol. The normalized spacial score (nSPS) is 11.8. The summed E-state index contributed by atoms with van der Waals surface area (Å²) in [5.41, 5.74) is 5.89. The predicted molar refractivity (Wildman–Crippen MR) is 143 cm³/mol. The van der Waals surface area contributed by atoms with Crippen molar-refractivity contribution < 1.29 is 14.3 Å². The molecule has 0 saturated heterocycles. The van der Waals surface area contributed by atoms with Crippen molar-refractivity contribution in [3.63, 3.8) is 0 Å². The number of rotatable bonds is 7. The van der Waals surface area contributed by atoms with Crippen LogP contribution in [-0.2, 0) is 11.2 Å². The van der Waals surface area contributed by atoms with Gasteiger partial charge in [0.15, 0.2) is 5.82 Å². The lowest BCUT2D eigenvalue weighted by molar-refractivity contribution is -0.113. The molecule has 5 rings (SSSR count). The topological polar surface area (TPSA) is 73.3 Å². The first-order chi connectivity index (χ1) is 17.5. The highest BCUT2D eigenvalue weighted by Gasteiger charge is 2.25. The third kappa shape index (κ3) is 5.36. The molecule has 3 aromatic carbocycles. The van der Waals surface area contributed by atoms with Gasteiger partial charge in [0.1, 0.15) is 16.5 Å². The van der Waals surface area contributed by atoms with E-state index in [1.165, 1.54) is 17.3 Å². The summed E-state index contributed by atoms with van der Waals surface area (Å²) in [7, 11) is 0. The van der Waals surface area contributed by atoms with Gasteiger partial charge in [-0.25, -0.2) is 4.98 Å². The van der Waals surface area contributed by atoms with Gasteiger partial charge in [-0.2, -0.15) is 4.98 Å². The molecule has 0 spiro atoms. The van der Waals surface area contributed by atoms with E-state index >= 15 is 0 Å². The molecule has 0 atom stereocenters. The van der Waals surface area contributed by atoms with E-state index in [0.717, 1.165) is 44.5 Å². The van der Waals surface area contributed by atoms with Crippen LogP contribution in [-0.4, -0.2) is 28.2 Å². The van der Waals surface area contributed by atoms with Gasteiger partial charge < -0.3 is 14.8 Å². The van der Waals surface area contributed by atoms with Gasteiger partial charge in [0.25, 0.3) is 0 Å². The number of carbonyl (C=O) groups is 1. The molecule has 0 aliphatic carbocycles. The van der Waals surface area contributed by atoms with Crippen LogP contribution in [0.25, 0.3) is 11.4 Å². The molecule has 1 amide bonds. The Morgan fingerprint density at radius 1 is 1.03 bits per heavy atom. The van der Waals surface area contributed by atoms with E-state index in [0.29, 0.717) is 24.7 Å². The molecule has 7 heteroatoms. The molecule has 1 aliphatic rings. The summed E-state index contributed by atoms with van der Waals surface area (Å²) in [5.74, 6) is 2.81. The Bertz CT molecular complexity index is 1420. The van der Waals surface area contributed by atoms with Crippen molar-refractivity contribution in [2.45, 2.75) is 32.2 Å². The van der Waals surface area contributed by atoms with Crippen LogP contribution in [0.3, 0.4) is 0 Å². The van der Waals surface area contributed by atoms with E-state index in [1.807, 2.05) is 74.5 Å². The number of aromatic nitrogens is 2. The number of anilines is 1. The Kier molecular flexibility index (Phi) is 6.91. The van der Waals surface area contributed by atoms with E-state index in [2.05, 4.69) is 18.3 Å². The molecule has 0 saturated carbocycles. The van der Waals surface area contributed by atoms with E-state index < -0.39 is 0 Å². The number of hydrogen-bond donors (Lipinski definition) is 1. The van der Waals surface area contributed by atoms with Crippen molar-refractivity contribution in [1.29, 1.82) is 0 Å². The molecule has 4 aromatic rings. The fourth-order valence-electron chi connectivity index (χ4n) is 4.09. The number of nitrogens with zero attached hydrogens (tertiary/aromatic N) is 2. The predicted octanol–water partition coefficient (Wildman–Crippen LogP) is 6.59. The molecule has 0 fully saturated rings. The van der Waals surface area contributed by atoms with Crippen LogP contribution < -0.4 is 14.8 Å². The molecule has 1 aromatic heterocycles. The SMILES string of the molecule is CCOc1ccc(-c2nc3c(c(SCC(=O)Nc4cccc(C)c4)n2)Cc2cc(C)ccc2O3)cc1. The molecule has 0 bridgehead atoms. The van der Waals surface area contributed by atoms with Crippen molar-refractivity contribution in [2.24, 2.45) is 0 Å². The van der Waals surface area contributed by atoms with E-state index in [-0.39, 0.29) is 11.7 Å². The smallest absolute Gasteiger partial charge is 0.234 e. The summed E-state index contributed by atoms with van der Waals surface area (Å²) in [6.45, 7) is 6.62. The number of amides is 1. The molecule has 1 N–H and O–H groups in total. The summed E-state index contributed by atoms with van der Waals surface area (Å²) in [4.78, 5) is 22.4. The Balaban J connectivity index is 1.44. The zero-order valence-corrected chi connectivity index (χ0v) is 21.3. The van der Waals surface area contributed by atoms with Gasteiger partial charge in [-0.1, -0.05) is 41.6 Å². The zero-order chi connectivity index (χ0) is 25.1. The number of ether oxygens (including phenoxy) is 2. The van der Waals surface area contributed by atoms with Crippen molar-refractivity contribution in [1.82, 2.24) is 9.97 Å². The summed E-state index contributed by atoms with van der Waals surface area (Å²) in [5, 5.41) is 3.72. The lowest BCUT2D eigenvalue weighted by Crippen LogP contribution is -2.15. The largest absolute Gasteiger partial charge is 0.494 e. The fraction of sp³-hybridized carbons (Fsp3) is 0.207. The van der Waals surface area contributed by atoms with Crippen LogP contribution in [0.5, 0.6) is 17.4 Å². The van der Waals surface area contributed by atoms with Crippen LogP contribution in [0, 0.1) is 13.8 Å². The number of thioether (sulfide) groups is 1. The van der Waals surface area contributed by atoms with Gasteiger partial charge in [0, 0.05) is 17.7 Å². The van der Waals surface area contributed by atoms with Gasteiger partial charge in [-0.3, -0.25) is 4.79 Å². The summed E-state index contributed by atoms with van der Waals surface area (Å²) >= 11 is 1.40. The van der Waals surface area contributed by atoms with E-state index in [1.54, 1.807) is 0 Å². The van der Waals surface area contributed by atoms with Crippen LogP contribution in [0.2, 0.25) is 0 Å². The molecule has 2 heterocycles. The minimum atomic E-state index is -0.0893. The maximum absolute atomic E-state index is 12.7. The maximum atomic E-state index is 12.7. The Morgan fingerprint density at radius 2 is 1.83 bits per heavy atom. The molecule has 0 radical (unpaired) electrons. The number of fused-ring (bicyclic) bond motifs is 2. The molecule has 36 heavy (non-hydrogen) atoms. The van der Waals surface area contributed by atoms with Gasteiger partial charge >= 0.3 is 0 Å². The van der Waals surface area contributed by atoms with Gasteiger partial charge in [0.05, 0.1) is 17.9 Å². The Morgan fingerprint density at radius 3 is 2.61 bits per heavy atom. The van der Waals surface area contributed by atoms with Crippen molar-refractivity contribution in [3.05, 3.63) is 89.0 Å². The lowest BCUT2D eigenvalue weighted by Gasteiger charge is -2.22. The molecular formula is C29H27N3O3S. The standard InChI is InChI=1S/C29H27N3O3S/c1-4-34-23-11-9-20(10-12-23)27-31-28-24(16-21-14-19(3)8-13-25(21)35-28)29(32-27)36-17-26(33)30-22-7-5-6-18(2)15-22/h5-15H,4,16-17H2,1-3H3,(H,30,33). The highest BCUT2D eigenvalue weighted by molar-refractivity contribution is 8.00. The van der Waals surface area contributed by atoms with Crippen LogP contribution >= 0.6 is 11.8 Å². The summed E-state index contributed by atoms with van der Waals surface area (Å²) in [6, 6.07) is 21.6. The summed E-state index contributed by atoms with van der Waals surface area (Å²) in [6.07, 6.45) is 0.651. The number of carbonyl (C=O) groups excluding carboxylic acids is 1. The molecule has 6 nitrogen and oxygen atoms in total. The van der Waals surface area contributed by atoms with Crippen LogP contribution in [0.15, 0.2) is 71.8 Å². The third-order valence-corrected chi connectivity index (χ3v) is 6.80. The fourth-order valence-corrected chi connectivity index (χ4v) is 4.91. The average Bonchev–Trinajstić information content (AvgIpc) is 2.87. The Hall–Kier alpha value is -3.84. The first kappa shape index (κ1) is 23.9. The van der Waals surface area contributed by atoms with Gasteiger partial charge in [-0.15, -0.1) is 0 Å². The zero-order valence-electron chi connectivity index (χ0n) is 20.5. The average molecular weight is 498 g/mol. The highest BCUT2D eigenvalue weighted by Crippen LogP contribution is 2.40. The number of benzene rings is 3. The second-order valence-corrected chi connectivity index (χ2v) is 9.65. The highest BCUT2D eigenvalue weighted by atomic mass is 32.2. The third-order valence-electron chi connectivity index (χ3n) is 5.79. The van der Waals surface area contributed by atoms with Gasteiger partial charge in [-0.05, 0) is 74.4 Å². The second kappa shape index (κ2) is 10.4. The van der Waals surface area contributed by atoms with E-state index in [4.69, 9.17) is 19.4 Å². The minimum Gasteiger partial charge on any atom is -0.494 e. The van der Waals surface area contributed by atoms with Crippen LogP contribution in [0.4, 0.5) is 5.69 Å². The minimum absolute atomic E-state index is 0.0893.